The third-order valence-corrected chi connectivity index (χ3v) is 4.80. The first kappa shape index (κ1) is 14.5. The molecule has 6 nitrogen and oxygen atoms in total. The van der Waals surface area contributed by atoms with Crippen molar-refractivity contribution in [2.45, 2.75) is 50.3 Å². The largest absolute Gasteiger partial charge is 0.389 e. The highest BCUT2D eigenvalue weighted by Gasteiger charge is 2.37. The minimum absolute atomic E-state index is 0.152. The van der Waals surface area contributed by atoms with Crippen LogP contribution in [0.1, 0.15) is 42.6 Å². The number of amides is 1. The highest BCUT2D eigenvalue weighted by molar-refractivity contribution is 5.92. The molecular formula is C15H24N4O2. The Hall–Kier alpha value is -1.40. The third kappa shape index (κ3) is 2.96. The number of nitrogens with zero attached hydrogens (tertiary/aromatic N) is 3. The Bertz CT molecular complexity index is 496. The molecule has 116 valence electrons. The van der Waals surface area contributed by atoms with E-state index < -0.39 is 6.10 Å². The van der Waals surface area contributed by atoms with E-state index in [1.54, 1.807) is 24.0 Å². The number of aryl methyl sites for hydroxylation is 1. The normalized spacial score (nSPS) is 30.5. The molecule has 1 aliphatic carbocycles. The van der Waals surface area contributed by atoms with Gasteiger partial charge in [0.1, 0.15) is 5.69 Å². The quantitative estimate of drug-likeness (QED) is 0.852. The van der Waals surface area contributed by atoms with Crippen LogP contribution in [0, 0.1) is 0 Å². The first-order chi connectivity index (χ1) is 10.2. The van der Waals surface area contributed by atoms with Crippen LogP contribution in [0.25, 0.3) is 0 Å². The molecule has 1 amide bonds. The summed E-state index contributed by atoms with van der Waals surface area (Å²) in [5.41, 5.74) is 0.533. The van der Waals surface area contributed by atoms with Crippen LogP contribution in [0.5, 0.6) is 0 Å². The van der Waals surface area contributed by atoms with Crippen molar-refractivity contribution in [3.8, 4) is 0 Å². The first-order valence-corrected chi connectivity index (χ1v) is 7.88. The second kappa shape index (κ2) is 6.15. The molecule has 1 aromatic rings. The Labute approximate surface area is 125 Å². The fourth-order valence-electron chi connectivity index (χ4n) is 3.62. The van der Waals surface area contributed by atoms with Crippen molar-refractivity contribution in [3.63, 3.8) is 0 Å². The van der Waals surface area contributed by atoms with E-state index in [0.717, 1.165) is 32.4 Å². The zero-order chi connectivity index (χ0) is 14.8. The lowest BCUT2D eigenvalue weighted by molar-refractivity contribution is 0.00692. The molecule has 6 heteroatoms. The Kier molecular flexibility index (Phi) is 4.26. The number of aromatic nitrogens is 2. The molecule has 1 aliphatic heterocycles. The van der Waals surface area contributed by atoms with Crippen LogP contribution in [-0.2, 0) is 7.05 Å². The van der Waals surface area contributed by atoms with Gasteiger partial charge in [0.2, 0.25) is 0 Å². The van der Waals surface area contributed by atoms with Crippen LogP contribution in [0.15, 0.2) is 12.3 Å². The molecule has 0 aromatic carbocycles. The molecular weight excluding hydrogens is 268 g/mol. The van der Waals surface area contributed by atoms with Gasteiger partial charge in [-0.3, -0.25) is 14.4 Å². The molecule has 2 N–H and O–H groups in total. The van der Waals surface area contributed by atoms with Gasteiger partial charge in [0, 0.05) is 19.3 Å². The van der Waals surface area contributed by atoms with Crippen molar-refractivity contribution >= 4 is 5.91 Å². The van der Waals surface area contributed by atoms with Gasteiger partial charge in [0.05, 0.1) is 12.1 Å². The lowest BCUT2D eigenvalue weighted by Gasteiger charge is -2.40. The average Bonchev–Trinajstić information content (AvgIpc) is 3.12. The van der Waals surface area contributed by atoms with Gasteiger partial charge in [-0.1, -0.05) is 0 Å². The second-order valence-corrected chi connectivity index (χ2v) is 6.15. The highest BCUT2D eigenvalue weighted by atomic mass is 16.3. The van der Waals surface area contributed by atoms with E-state index >= 15 is 0 Å². The predicted octanol–water partition coefficient (Wildman–Crippen LogP) is 0.528. The van der Waals surface area contributed by atoms with Gasteiger partial charge >= 0.3 is 0 Å². The third-order valence-electron chi connectivity index (χ3n) is 4.80. The van der Waals surface area contributed by atoms with E-state index in [1.165, 1.54) is 12.8 Å². The van der Waals surface area contributed by atoms with Gasteiger partial charge in [-0.25, -0.2) is 0 Å². The van der Waals surface area contributed by atoms with Gasteiger partial charge in [0.25, 0.3) is 5.91 Å². The Balaban J connectivity index is 1.64. The molecule has 2 fully saturated rings. The topological polar surface area (TPSA) is 70.4 Å². The monoisotopic (exact) mass is 292 g/mol. The predicted molar refractivity (Wildman–Crippen MR) is 78.9 cm³/mol. The van der Waals surface area contributed by atoms with Crippen molar-refractivity contribution in [2.75, 3.05) is 13.1 Å². The standard InChI is InChI=1S/C15H24N4O2/c1-18-13(7-8-16-18)15(21)17-11-5-4-6-12(14(11)20)19-9-2-3-10-19/h7-8,11-12,14,20H,2-6,9-10H2,1H3,(H,17,21)/t11-,12-,14-/m1/s1. The number of likely N-dealkylation sites (tertiary alicyclic amines) is 1. The van der Waals surface area contributed by atoms with Crippen molar-refractivity contribution in [1.29, 1.82) is 0 Å². The lowest BCUT2D eigenvalue weighted by Crippen LogP contribution is -2.56. The summed E-state index contributed by atoms with van der Waals surface area (Å²) in [6.45, 7) is 2.15. The van der Waals surface area contributed by atoms with Crippen LogP contribution < -0.4 is 5.32 Å². The van der Waals surface area contributed by atoms with E-state index in [4.69, 9.17) is 0 Å². The van der Waals surface area contributed by atoms with E-state index in [-0.39, 0.29) is 18.0 Å². The molecule has 3 atom stereocenters. The number of rotatable bonds is 3. The number of hydrogen-bond donors (Lipinski definition) is 2. The molecule has 1 saturated heterocycles. The van der Waals surface area contributed by atoms with Crippen molar-refractivity contribution < 1.29 is 9.90 Å². The minimum Gasteiger partial charge on any atom is -0.389 e. The van der Waals surface area contributed by atoms with Crippen LogP contribution in [0.4, 0.5) is 0 Å². The fourth-order valence-corrected chi connectivity index (χ4v) is 3.62. The second-order valence-electron chi connectivity index (χ2n) is 6.15. The number of nitrogens with one attached hydrogen (secondary N) is 1. The van der Waals surface area contributed by atoms with Crippen molar-refractivity contribution in [2.24, 2.45) is 7.05 Å². The number of aliphatic hydroxyl groups is 1. The minimum atomic E-state index is -0.478. The van der Waals surface area contributed by atoms with Crippen LogP contribution >= 0.6 is 0 Å². The molecule has 1 saturated carbocycles. The van der Waals surface area contributed by atoms with E-state index in [9.17, 15) is 9.90 Å². The SMILES string of the molecule is Cn1nccc1C(=O)N[C@@H]1CCC[C@@H](N2CCCC2)[C@@H]1O. The van der Waals surface area contributed by atoms with Crippen LogP contribution in [0.3, 0.4) is 0 Å². The van der Waals surface area contributed by atoms with Gasteiger partial charge in [-0.15, -0.1) is 0 Å². The summed E-state index contributed by atoms with van der Waals surface area (Å²) in [6.07, 6.45) is 6.49. The van der Waals surface area contributed by atoms with Crippen molar-refractivity contribution in [1.82, 2.24) is 20.0 Å². The van der Waals surface area contributed by atoms with Crippen LogP contribution in [0.2, 0.25) is 0 Å². The summed E-state index contributed by atoms with van der Waals surface area (Å²) < 4.78 is 1.56. The molecule has 2 heterocycles. The number of aliphatic hydroxyl groups excluding tert-OH is 1. The fraction of sp³-hybridized carbons (Fsp3) is 0.733. The van der Waals surface area contributed by atoms with Crippen molar-refractivity contribution in [3.05, 3.63) is 18.0 Å². The summed E-state index contributed by atoms with van der Waals surface area (Å²) in [5.74, 6) is -0.152. The zero-order valence-electron chi connectivity index (χ0n) is 12.5. The van der Waals surface area contributed by atoms with E-state index in [2.05, 4.69) is 15.3 Å². The summed E-state index contributed by atoms with van der Waals surface area (Å²) in [7, 11) is 1.75. The molecule has 2 aliphatic rings. The molecule has 0 radical (unpaired) electrons. The number of carbonyl (C=O) groups is 1. The lowest BCUT2D eigenvalue weighted by atomic mass is 9.87. The maximum atomic E-state index is 12.3. The molecule has 0 unspecified atom stereocenters. The first-order valence-electron chi connectivity index (χ1n) is 7.88. The Morgan fingerprint density at radius 2 is 2.10 bits per heavy atom. The highest BCUT2D eigenvalue weighted by Crippen LogP contribution is 2.26. The molecule has 1 aromatic heterocycles. The van der Waals surface area contributed by atoms with Crippen LogP contribution in [-0.4, -0.2) is 57.0 Å². The van der Waals surface area contributed by atoms with Gasteiger partial charge in [0.15, 0.2) is 0 Å². The zero-order valence-corrected chi connectivity index (χ0v) is 12.5. The van der Waals surface area contributed by atoms with Gasteiger partial charge in [-0.2, -0.15) is 5.10 Å². The smallest absolute Gasteiger partial charge is 0.269 e. The maximum Gasteiger partial charge on any atom is 0.269 e. The van der Waals surface area contributed by atoms with E-state index in [1.807, 2.05) is 0 Å². The molecule has 0 bridgehead atoms. The average molecular weight is 292 g/mol. The Morgan fingerprint density at radius 3 is 2.76 bits per heavy atom. The Morgan fingerprint density at radius 1 is 1.33 bits per heavy atom. The molecule has 21 heavy (non-hydrogen) atoms. The van der Waals surface area contributed by atoms with E-state index in [0.29, 0.717) is 5.69 Å². The summed E-state index contributed by atoms with van der Waals surface area (Å²) >= 11 is 0. The molecule has 0 spiro atoms. The van der Waals surface area contributed by atoms with Gasteiger partial charge in [-0.05, 0) is 51.3 Å². The van der Waals surface area contributed by atoms with Gasteiger partial charge < -0.3 is 10.4 Å². The number of hydrogen-bond acceptors (Lipinski definition) is 4. The summed E-state index contributed by atoms with van der Waals surface area (Å²) in [6, 6.07) is 1.73. The summed E-state index contributed by atoms with van der Waals surface area (Å²) in [5, 5.41) is 17.6. The maximum absolute atomic E-state index is 12.3. The summed E-state index contributed by atoms with van der Waals surface area (Å²) in [4.78, 5) is 14.7. The molecule has 3 rings (SSSR count). The number of carbonyl (C=O) groups excluding carboxylic acids is 1.